The first-order chi connectivity index (χ1) is 13.2. The minimum Gasteiger partial charge on any atom is -0.497 e. The molecule has 7 heteroatoms. The Morgan fingerprint density at radius 1 is 1.07 bits per heavy atom. The van der Waals surface area contributed by atoms with Gasteiger partial charge in [0, 0.05) is 44.5 Å². The van der Waals surface area contributed by atoms with E-state index in [0.717, 1.165) is 60.8 Å². The Morgan fingerprint density at radius 2 is 1.81 bits per heavy atom. The molecule has 4 rings (SSSR count). The monoisotopic (exact) mass is 367 g/mol. The molecule has 0 radical (unpaired) electrons. The first-order valence-corrected chi connectivity index (χ1v) is 9.26. The molecule has 1 saturated heterocycles. The van der Waals surface area contributed by atoms with Crippen LogP contribution in [0.1, 0.15) is 30.0 Å². The van der Waals surface area contributed by atoms with E-state index in [0.29, 0.717) is 5.92 Å². The number of piperidine rings is 1. The van der Waals surface area contributed by atoms with Gasteiger partial charge in [-0.2, -0.15) is 5.10 Å². The Morgan fingerprint density at radius 3 is 2.56 bits per heavy atom. The summed E-state index contributed by atoms with van der Waals surface area (Å²) in [6.45, 7) is 2.90. The van der Waals surface area contributed by atoms with Gasteiger partial charge < -0.3 is 9.47 Å². The van der Waals surface area contributed by atoms with Gasteiger partial charge in [-0.3, -0.25) is 4.90 Å². The molecule has 0 saturated carbocycles. The molecule has 1 aliphatic heterocycles. The van der Waals surface area contributed by atoms with Gasteiger partial charge in [-0.15, -0.1) is 0 Å². The second-order valence-corrected chi connectivity index (χ2v) is 7.03. The zero-order valence-corrected chi connectivity index (χ0v) is 16.1. The molecule has 2 aromatic heterocycles. The highest BCUT2D eigenvalue weighted by Crippen LogP contribution is 2.31. The second-order valence-electron chi connectivity index (χ2n) is 7.03. The molecule has 3 heterocycles. The molecule has 0 aliphatic carbocycles. The molecule has 0 unspecified atom stereocenters. The smallest absolute Gasteiger partial charge is 0.176 e. The minimum atomic E-state index is 0.367. The summed E-state index contributed by atoms with van der Waals surface area (Å²) in [6.07, 6.45) is 5.73. The number of likely N-dealkylation sites (tertiary alicyclic amines) is 1. The highest BCUT2D eigenvalue weighted by Gasteiger charge is 2.26. The number of nitrogens with zero attached hydrogens (tertiary/aromatic N) is 5. The lowest BCUT2D eigenvalue weighted by molar-refractivity contribution is 0.198. The lowest BCUT2D eigenvalue weighted by atomic mass is 9.94. The van der Waals surface area contributed by atoms with E-state index in [1.165, 1.54) is 5.56 Å². The van der Waals surface area contributed by atoms with Gasteiger partial charge in [0.05, 0.1) is 19.9 Å². The third-order valence-electron chi connectivity index (χ3n) is 5.20. The maximum absolute atomic E-state index is 5.40. The van der Waals surface area contributed by atoms with Crippen LogP contribution in [0.2, 0.25) is 0 Å². The Bertz CT molecular complexity index is 917. The summed E-state index contributed by atoms with van der Waals surface area (Å²) < 4.78 is 12.6. The molecule has 1 fully saturated rings. The maximum Gasteiger partial charge on any atom is 0.176 e. The average molecular weight is 367 g/mol. The van der Waals surface area contributed by atoms with Crippen molar-refractivity contribution in [1.82, 2.24) is 24.6 Å². The SMILES string of the molecule is COc1cc(CN2CCC[C@@H](c3nn(C)c4nccnc34)C2)cc(OC)c1. The van der Waals surface area contributed by atoms with Crippen LogP contribution in [-0.4, -0.2) is 52.0 Å². The lowest BCUT2D eigenvalue weighted by Crippen LogP contribution is -2.34. The van der Waals surface area contributed by atoms with Crippen LogP contribution in [0.15, 0.2) is 30.6 Å². The number of hydrogen-bond acceptors (Lipinski definition) is 6. The molecule has 27 heavy (non-hydrogen) atoms. The number of hydrogen-bond donors (Lipinski definition) is 0. The summed E-state index contributed by atoms with van der Waals surface area (Å²) in [7, 11) is 5.30. The quantitative estimate of drug-likeness (QED) is 0.691. The molecule has 0 N–H and O–H groups in total. The largest absolute Gasteiger partial charge is 0.497 e. The van der Waals surface area contributed by atoms with E-state index in [1.54, 1.807) is 26.6 Å². The molecule has 0 bridgehead atoms. The molecular formula is C20H25N5O2. The van der Waals surface area contributed by atoms with Gasteiger partial charge in [0.1, 0.15) is 17.0 Å². The fourth-order valence-corrected chi connectivity index (χ4v) is 3.92. The number of aromatic nitrogens is 4. The minimum absolute atomic E-state index is 0.367. The van der Waals surface area contributed by atoms with Crippen molar-refractivity contribution in [2.24, 2.45) is 7.05 Å². The van der Waals surface area contributed by atoms with Crippen LogP contribution in [0, 0.1) is 0 Å². The van der Waals surface area contributed by atoms with Crippen LogP contribution < -0.4 is 9.47 Å². The van der Waals surface area contributed by atoms with E-state index in [2.05, 4.69) is 27.0 Å². The second kappa shape index (κ2) is 7.52. The number of ether oxygens (including phenoxy) is 2. The molecule has 3 aromatic rings. The van der Waals surface area contributed by atoms with Gasteiger partial charge in [-0.05, 0) is 37.1 Å². The van der Waals surface area contributed by atoms with Gasteiger partial charge in [0.25, 0.3) is 0 Å². The van der Waals surface area contributed by atoms with Crippen molar-refractivity contribution in [2.45, 2.75) is 25.3 Å². The van der Waals surface area contributed by atoms with E-state index >= 15 is 0 Å². The maximum atomic E-state index is 5.40. The van der Waals surface area contributed by atoms with E-state index in [1.807, 2.05) is 17.8 Å². The van der Waals surface area contributed by atoms with Crippen LogP contribution in [0.3, 0.4) is 0 Å². The first-order valence-electron chi connectivity index (χ1n) is 9.26. The van der Waals surface area contributed by atoms with Crippen LogP contribution in [0.5, 0.6) is 11.5 Å². The van der Waals surface area contributed by atoms with Crippen LogP contribution in [0.25, 0.3) is 11.2 Å². The number of fused-ring (bicyclic) bond motifs is 1. The Hall–Kier alpha value is -2.67. The predicted octanol–water partition coefficient (Wildman–Crippen LogP) is 2.76. The fraction of sp³-hybridized carbons (Fsp3) is 0.450. The summed E-state index contributed by atoms with van der Waals surface area (Å²) in [5.74, 6) is 2.01. The van der Waals surface area contributed by atoms with E-state index in [4.69, 9.17) is 14.6 Å². The van der Waals surface area contributed by atoms with Crippen molar-refractivity contribution in [1.29, 1.82) is 0 Å². The summed E-state index contributed by atoms with van der Waals surface area (Å²) >= 11 is 0. The van der Waals surface area contributed by atoms with Crippen molar-refractivity contribution in [3.8, 4) is 11.5 Å². The van der Waals surface area contributed by atoms with Crippen LogP contribution in [0.4, 0.5) is 0 Å². The topological polar surface area (TPSA) is 65.3 Å². The third-order valence-corrected chi connectivity index (χ3v) is 5.20. The molecule has 0 amide bonds. The molecule has 0 spiro atoms. The third kappa shape index (κ3) is 3.60. The summed E-state index contributed by atoms with van der Waals surface area (Å²) in [4.78, 5) is 11.4. The van der Waals surface area contributed by atoms with Crippen LogP contribution in [-0.2, 0) is 13.6 Å². The zero-order chi connectivity index (χ0) is 18.8. The van der Waals surface area contributed by atoms with Gasteiger partial charge >= 0.3 is 0 Å². The fourth-order valence-electron chi connectivity index (χ4n) is 3.92. The Balaban J connectivity index is 1.55. The van der Waals surface area contributed by atoms with Gasteiger partial charge in [0.2, 0.25) is 0 Å². The van der Waals surface area contributed by atoms with E-state index in [9.17, 15) is 0 Å². The summed E-state index contributed by atoms with van der Waals surface area (Å²) in [6, 6.07) is 6.06. The van der Waals surface area contributed by atoms with Crippen molar-refractivity contribution < 1.29 is 9.47 Å². The predicted molar refractivity (Wildman–Crippen MR) is 103 cm³/mol. The first kappa shape index (κ1) is 17.7. The number of benzene rings is 1. The summed E-state index contributed by atoms with van der Waals surface area (Å²) in [5.41, 5.74) is 4.03. The van der Waals surface area contributed by atoms with Crippen molar-refractivity contribution in [3.63, 3.8) is 0 Å². The summed E-state index contributed by atoms with van der Waals surface area (Å²) in [5, 5.41) is 4.73. The van der Waals surface area contributed by atoms with Gasteiger partial charge in [0.15, 0.2) is 5.65 Å². The van der Waals surface area contributed by atoms with Gasteiger partial charge in [-0.1, -0.05) is 0 Å². The average Bonchev–Trinajstić information content (AvgIpc) is 3.05. The number of aryl methyl sites for hydroxylation is 1. The normalized spacial score (nSPS) is 18.0. The standard InChI is InChI=1S/C20H25N5O2/c1-24-20-19(21-6-7-22-20)18(23-24)15-5-4-8-25(13-15)12-14-9-16(26-2)11-17(10-14)27-3/h6-7,9-11,15H,4-5,8,12-13H2,1-3H3/t15-/m1/s1. The molecular weight excluding hydrogens is 342 g/mol. The zero-order valence-electron chi connectivity index (χ0n) is 16.1. The number of methoxy groups -OCH3 is 2. The Labute approximate surface area is 158 Å². The highest BCUT2D eigenvalue weighted by atomic mass is 16.5. The van der Waals surface area contributed by atoms with E-state index in [-0.39, 0.29) is 0 Å². The molecule has 1 aromatic carbocycles. The molecule has 1 aliphatic rings. The van der Waals surface area contributed by atoms with Crippen molar-refractivity contribution >= 4 is 11.2 Å². The van der Waals surface area contributed by atoms with Crippen molar-refractivity contribution in [2.75, 3.05) is 27.3 Å². The Kier molecular flexibility index (Phi) is 4.94. The highest BCUT2D eigenvalue weighted by molar-refractivity contribution is 5.73. The van der Waals surface area contributed by atoms with Crippen molar-refractivity contribution in [3.05, 3.63) is 41.9 Å². The molecule has 1 atom stereocenters. The molecule has 142 valence electrons. The lowest BCUT2D eigenvalue weighted by Gasteiger charge is -2.32. The molecule has 7 nitrogen and oxygen atoms in total. The number of rotatable bonds is 5. The van der Waals surface area contributed by atoms with Crippen LogP contribution >= 0.6 is 0 Å². The van der Waals surface area contributed by atoms with E-state index < -0.39 is 0 Å². The van der Waals surface area contributed by atoms with Gasteiger partial charge in [-0.25, -0.2) is 14.6 Å².